The predicted molar refractivity (Wildman–Crippen MR) is 183 cm³/mol. The number of anilines is 1. The van der Waals surface area contributed by atoms with Crippen molar-refractivity contribution in [2.45, 2.75) is 52.7 Å². The van der Waals surface area contributed by atoms with Crippen LogP contribution in [-0.4, -0.2) is 100 Å². The summed E-state index contributed by atoms with van der Waals surface area (Å²) in [6, 6.07) is 11.2. The first-order chi connectivity index (χ1) is 23.8. The Morgan fingerprint density at radius 2 is 1.04 bits per heavy atom. The first-order valence-electron chi connectivity index (χ1n) is 15.7. The smallest absolute Gasteiger partial charge is 0.410 e. The number of hydrogen-bond acceptors (Lipinski definition) is 14. The second-order valence-corrected chi connectivity index (χ2v) is 13.0. The molecular weight excluding hydrogens is 670 g/mol. The maximum atomic E-state index is 12.1. The summed E-state index contributed by atoms with van der Waals surface area (Å²) < 4.78 is 10.6. The van der Waals surface area contributed by atoms with Crippen LogP contribution in [0, 0.1) is 53.0 Å². The largest absolute Gasteiger partial charge is 0.444 e. The van der Waals surface area contributed by atoms with Gasteiger partial charge in [-0.05, 0) is 53.7 Å². The van der Waals surface area contributed by atoms with Crippen molar-refractivity contribution in [3.63, 3.8) is 0 Å². The number of nitrogens with zero attached hydrogens (tertiary/aromatic N) is 8. The lowest BCUT2D eigenvalue weighted by Crippen LogP contribution is -2.50. The molecule has 51 heavy (non-hydrogen) atoms. The highest BCUT2D eigenvalue weighted by molar-refractivity contribution is 5.71. The highest BCUT2D eigenvalue weighted by Gasteiger charge is 2.29. The minimum atomic E-state index is -0.828. The van der Waals surface area contributed by atoms with Crippen LogP contribution in [0.3, 0.4) is 0 Å². The first-order valence-corrected chi connectivity index (χ1v) is 15.7. The molecule has 274 valence electrons. The molecule has 0 unspecified atom stereocenters. The molecule has 0 bridgehead atoms. The van der Waals surface area contributed by atoms with E-state index in [0.29, 0.717) is 31.9 Å². The lowest BCUT2D eigenvalue weighted by atomic mass is 10.1. The van der Waals surface area contributed by atoms with E-state index in [-0.39, 0.29) is 29.0 Å². The van der Waals surface area contributed by atoms with Crippen LogP contribution in [0.5, 0.6) is 0 Å². The predicted octanol–water partition coefficient (Wildman–Crippen LogP) is 4.72. The van der Waals surface area contributed by atoms with Crippen LogP contribution in [-0.2, 0) is 9.47 Å². The van der Waals surface area contributed by atoms with Gasteiger partial charge in [-0.25, -0.2) is 9.59 Å². The van der Waals surface area contributed by atoms with Gasteiger partial charge >= 0.3 is 12.2 Å². The molecule has 19 nitrogen and oxygen atoms in total. The number of carbonyl (C=O) groups excluding carboxylic acids is 2. The van der Waals surface area contributed by atoms with Crippen molar-refractivity contribution in [1.82, 2.24) is 15.1 Å². The van der Waals surface area contributed by atoms with Gasteiger partial charge in [0, 0.05) is 70.6 Å². The van der Waals surface area contributed by atoms with Gasteiger partial charge in [0.15, 0.2) is 5.56 Å². The number of nitrogens with one attached hydrogen (secondary N) is 1. The van der Waals surface area contributed by atoms with E-state index in [4.69, 9.17) is 14.7 Å². The van der Waals surface area contributed by atoms with E-state index >= 15 is 0 Å². The Morgan fingerprint density at radius 1 is 0.667 bits per heavy atom. The van der Waals surface area contributed by atoms with Crippen molar-refractivity contribution >= 4 is 34.9 Å². The first kappa shape index (κ1) is 41.1. The van der Waals surface area contributed by atoms with Crippen LogP contribution in [0.1, 0.15) is 52.7 Å². The van der Waals surface area contributed by atoms with Crippen LogP contribution in [0.25, 0.3) is 0 Å². The highest BCUT2D eigenvalue weighted by atomic mass is 16.6. The molecule has 2 aliphatic heterocycles. The summed E-state index contributed by atoms with van der Waals surface area (Å²) in [6.07, 6.45) is -0.573. The Hall–Kier alpha value is -6.08. The number of nitro benzene ring substituents is 3. The second kappa shape index (κ2) is 18.1. The maximum absolute atomic E-state index is 12.1. The van der Waals surface area contributed by atoms with Gasteiger partial charge in [0.1, 0.15) is 23.3 Å². The molecule has 0 spiro atoms. The van der Waals surface area contributed by atoms with Crippen LogP contribution in [0.2, 0.25) is 0 Å². The second-order valence-electron chi connectivity index (χ2n) is 13.0. The summed E-state index contributed by atoms with van der Waals surface area (Å²) in [5, 5.41) is 52.8. The van der Waals surface area contributed by atoms with Crippen molar-refractivity contribution in [1.29, 1.82) is 10.5 Å². The molecule has 2 aromatic carbocycles. The van der Waals surface area contributed by atoms with E-state index in [9.17, 15) is 45.2 Å². The van der Waals surface area contributed by atoms with Crippen molar-refractivity contribution in [3.05, 3.63) is 77.9 Å². The molecule has 1 N–H and O–H groups in total. The highest BCUT2D eigenvalue weighted by Crippen LogP contribution is 2.29. The van der Waals surface area contributed by atoms with Crippen molar-refractivity contribution in [2.24, 2.45) is 0 Å². The number of ether oxygens (including phenoxy) is 2. The molecule has 2 amide bonds. The van der Waals surface area contributed by atoms with E-state index in [0.717, 1.165) is 44.4 Å². The zero-order chi connectivity index (χ0) is 38.5. The van der Waals surface area contributed by atoms with E-state index in [2.05, 4.69) is 5.32 Å². The summed E-state index contributed by atoms with van der Waals surface area (Å²) in [7, 11) is 0. The molecule has 2 fully saturated rings. The topological polar surface area (TPSA) is 251 Å². The zero-order valence-electron chi connectivity index (χ0n) is 29.3. The SMILES string of the molecule is CC(C)(C)OC(=O)N1CCN(c2cccc([N+](=O)[O-])c2C#N)CC1.CC(C)(C)OC(=O)N1CCNCC1.N#Cc1c([N+](=O)[O-])cccc1[N+](=O)[O-]. The number of rotatable bonds is 4. The molecule has 2 aromatic rings. The standard InChI is InChI=1S/C16H20N4O4.C9H18N2O2.C7H3N3O4/c1-16(2,3)24-15(21)19-9-7-18(8-10-19)13-5-4-6-14(20(22)23)12(13)11-17;1-9(2,3)13-8(12)11-6-4-10-5-7-11;8-4-5-6(9(11)12)2-1-3-7(5)10(13)14/h4-6H,7-10H2,1-3H3;10H,4-7H2,1-3H3;1-3H. The minimum Gasteiger partial charge on any atom is -0.444 e. The van der Waals surface area contributed by atoms with Gasteiger partial charge in [-0.1, -0.05) is 6.07 Å². The number of piperazine rings is 2. The van der Waals surface area contributed by atoms with Gasteiger partial charge in [0.25, 0.3) is 17.1 Å². The summed E-state index contributed by atoms with van der Waals surface area (Å²) in [4.78, 5) is 58.4. The third-order valence-corrected chi connectivity index (χ3v) is 6.90. The molecule has 0 radical (unpaired) electrons. The fourth-order valence-corrected chi connectivity index (χ4v) is 4.64. The van der Waals surface area contributed by atoms with Crippen molar-refractivity contribution in [2.75, 3.05) is 57.3 Å². The monoisotopic (exact) mass is 711 g/mol. The molecule has 2 saturated heterocycles. The van der Waals surface area contributed by atoms with Crippen molar-refractivity contribution < 1.29 is 33.8 Å². The number of nitro groups is 3. The average Bonchev–Trinajstić information content (AvgIpc) is 3.06. The Morgan fingerprint density at radius 3 is 1.41 bits per heavy atom. The van der Waals surface area contributed by atoms with Crippen LogP contribution >= 0.6 is 0 Å². The van der Waals surface area contributed by atoms with Crippen molar-refractivity contribution in [3.8, 4) is 12.1 Å². The molecule has 0 aromatic heterocycles. The molecule has 2 aliphatic rings. The van der Waals surface area contributed by atoms with E-state index in [1.807, 2.05) is 52.5 Å². The van der Waals surface area contributed by atoms with Gasteiger partial charge in [-0.15, -0.1) is 0 Å². The Bertz CT molecular complexity index is 1640. The van der Waals surface area contributed by atoms with Gasteiger partial charge < -0.3 is 29.5 Å². The van der Waals surface area contributed by atoms with E-state index in [1.165, 1.54) is 12.1 Å². The fraction of sp³-hybridized carbons (Fsp3) is 0.500. The van der Waals surface area contributed by atoms with E-state index in [1.54, 1.807) is 21.9 Å². The van der Waals surface area contributed by atoms with Gasteiger partial charge in [0.2, 0.25) is 5.56 Å². The third kappa shape index (κ3) is 12.7. The summed E-state index contributed by atoms with van der Waals surface area (Å²) in [6.45, 7) is 16.1. The molecule has 2 heterocycles. The molecule has 0 aliphatic carbocycles. The fourth-order valence-electron chi connectivity index (χ4n) is 4.64. The number of benzene rings is 2. The molecule has 0 atom stereocenters. The van der Waals surface area contributed by atoms with Crippen LogP contribution in [0.15, 0.2) is 36.4 Å². The van der Waals surface area contributed by atoms with Gasteiger partial charge in [0.05, 0.1) is 20.5 Å². The summed E-state index contributed by atoms with van der Waals surface area (Å²) in [5.74, 6) is 0. The lowest BCUT2D eigenvalue weighted by Gasteiger charge is -2.36. The molecule has 19 heteroatoms. The number of carbonyl (C=O) groups is 2. The van der Waals surface area contributed by atoms with Crippen LogP contribution < -0.4 is 10.2 Å². The molecule has 0 saturated carbocycles. The Labute approximate surface area is 294 Å². The summed E-state index contributed by atoms with van der Waals surface area (Å²) in [5.41, 5.74) is -2.20. The van der Waals surface area contributed by atoms with Gasteiger partial charge in [-0.2, -0.15) is 10.5 Å². The maximum Gasteiger partial charge on any atom is 0.410 e. The normalized spacial score (nSPS) is 14.2. The van der Waals surface area contributed by atoms with Gasteiger partial charge in [-0.3, -0.25) is 30.3 Å². The quantitative estimate of drug-likeness (QED) is 0.333. The molecule has 4 rings (SSSR count). The number of nitriles is 2. The Balaban J connectivity index is 0.000000285. The Kier molecular flexibility index (Phi) is 14.6. The molecular formula is C32H41N9O10. The third-order valence-electron chi connectivity index (χ3n) is 6.90. The minimum absolute atomic E-state index is 0.0493. The number of hydrogen-bond donors (Lipinski definition) is 1. The number of amides is 2. The van der Waals surface area contributed by atoms with E-state index < -0.39 is 37.3 Å². The van der Waals surface area contributed by atoms with Crippen LogP contribution in [0.4, 0.5) is 32.3 Å². The summed E-state index contributed by atoms with van der Waals surface area (Å²) >= 11 is 0. The zero-order valence-corrected chi connectivity index (χ0v) is 29.3. The lowest BCUT2D eigenvalue weighted by molar-refractivity contribution is -0.394. The average molecular weight is 712 g/mol.